The van der Waals surface area contributed by atoms with Gasteiger partial charge in [-0.25, -0.2) is 14.0 Å². The van der Waals surface area contributed by atoms with E-state index in [2.05, 4.69) is 5.10 Å². The molecular weight excluding hydrogens is 304 g/mol. The molecule has 0 radical (unpaired) electrons. The number of fused-ring (bicyclic) bond motifs is 3. The first-order valence-electron chi connectivity index (χ1n) is 7.13. The van der Waals surface area contributed by atoms with E-state index in [0.29, 0.717) is 0 Å². The predicted molar refractivity (Wildman–Crippen MR) is 81.1 cm³/mol. The Morgan fingerprint density at radius 1 is 1.27 bits per heavy atom. The Morgan fingerprint density at radius 2 is 2.00 bits per heavy atom. The summed E-state index contributed by atoms with van der Waals surface area (Å²) in [6.45, 7) is 4.04. The first-order chi connectivity index (χ1) is 10.6. The molecule has 116 valence electrons. The van der Waals surface area contributed by atoms with Crippen molar-refractivity contribution in [2.24, 2.45) is 5.10 Å². The molecule has 2 aliphatic rings. The van der Waals surface area contributed by atoms with Crippen LogP contribution in [0.3, 0.4) is 0 Å². The SMILES string of the molecule is CCOC(=O)C1=NN2Sc3ccccc3C2(C(=O)OCC)C1. The van der Waals surface area contributed by atoms with Crippen molar-refractivity contribution in [1.82, 2.24) is 4.41 Å². The molecule has 2 aliphatic heterocycles. The summed E-state index contributed by atoms with van der Waals surface area (Å²) in [6, 6.07) is 7.58. The van der Waals surface area contributed by atoms with E-state index in [9.17, 15) is 9.59 Å². The van der Waals surface area contributed by atoms with Gasteiger partial charge < -0.3 is 9.47 Å². The molecule has 22 heavy (non-hydrogen) atoms. The van der Waals surface area contributed by atoms with Crippen molar-refractivity contribution in [3.8, 4) is 0 Å². The van der Waals surface area contributed by atoms with Crippen molar-refractivity contribution < 1.29 is 19.1 Å². The number of hydrogen-bond acceptors (Lipinski definition) is 7. The summed E-state index contributed by atoms with van der Waals surface area (Å²) in [5.41, 5.74) is -0.00211. The van der Waals surface area contributed by atoms with E-state index < -0.39 is 17.5 Å². The van der Waals surface area contributed by atoms with Gasteiger partial charge in [-0.15, -0.1) is 0 Å². The molecule has 7 heteroatoms. The molecule has 1 aromatic carbocycles. The minimum absolute atomic E-state index is 0.161. The predicted octanol–water partition coefficient (Wildman–Crippen LogP) is 2.09. The molecule has 0 amide bonds. The number of nitrogens with zero attached hydrogens (tertiary/aromatic N) is 2. The number of ether oxygens (including phenoxy) is 2. The summed E-state index contributed by atoms with van der Waals surface area (Å²) in [5.74, 6) is -0.880. The second kappa shape index (κ2) is 5.64. The fourth-order valence-electron chi connectivity index (χ4n) is 2.66. The lowest BCUT2D eigenvalue weighted by Gasteiger charge is -2.27. The maximum Gasteiger partial charge on any atom is 0.354 e. The highest BCUT2D eigenvalue weighted by atomic mass is 32.2. The lowest BCUT2D eigenvalue weighted by molar-refractivity contribution is -0.154. The summed E-state index contributed by atoms with van der Waals surface area (Å²) in [7, 11) is 0. The molecular formula is C15H16N2O4S. The maximum absolute atomic E-state index is 12.6. The maximum atomic E-state index is 12.6. The zero-order valence-corrected chi connectivity index (χ0v) is 13.2. The normalized spacial score (nSPS) is 21.9. The minimum atomic E-state index is -1.07. The Hall–Kier alpha value is -2.02. The van der Waals surface area contributed by atoms with Crippen LogP contribution < -0.4 is 0 Å². The van der Waals surface area contributed by atoms with Crippen LogP contribution in [0.25, 0.3) is 0 Å². The van der Waals surface area contributed by atoms with E-state index in [1.54, 1.807) is 18.3 Å². The Bertz CT molecular complexity index is 661. The second-order valence-electron chi connectivity index (χ2n) is 4.89. The minimum Gasteiger partial charge on any atom is -0.464 e. The first kappa shape index (κ1) is 14.9. The van der Waals surface area contributed by atoms with Crippen LogP contribution in [0.4, 0.5) is 0 Å². The standard InChI is InChI=1S/C15H16N2O4S/c1-3-20-13(18)11-9-15(14(19)21-4-2)10-7-5-6-8-12(10)22-17(15)16-11/h5-8H,3-4,9H2,1-2H3. The largest absolute Gasteiger partial charge is 0.464 e. The zero-order valence-electron chi connectivity index (χ0n) is 12.4. The Labute approximate surface area is 132 Å². The second-order valence-corrected chi connectivity index (χ2v) is 5.85. The molecule has 1 atom stereocenters. The highest BCUT2D eigenvalue weighted by Gasteiger charge is 2.58. The van der Waals surface area contributed by atoms with Crippen LogP contribution in [0.5, 0.6) is 0 Å². The molecule has 0 saturated carbocycles. The van der Waals surface area contributed by atoms with Gasteiger partial charge in [0.15, 0.2) is 5.54 Å². The van der Waals surface area contributed by atoms with Crippen LogP contribution in [0, 0.1) is 0 Å². The van der Waals surface area contributed by atoms with Crippen LogP contribution in [0.15, 0.2) is 34.3 Å². The zero-order chi connectivity index (χ0) is 15.7. The summed E-state index contributed by atoms with van der Waals surface area (Å²) in [5, 5.41) is 4.30. The van der Waals surface area contributed by atoms with Crippen LogP contribution in [0.2, 0.25) is 0 Å². The van der Waals surface area contributed by atoms with Crippen molar-refractivity contribution in [2.75, 3.05) is 13.2 Å². The van der Waals surface area contributed by atoms with Gasteiger partial charge in [-0.3, -0.25) is 0 Å². The Balaban J connectivity index is 2.01. The van der Waals surface area contributed by atoms with E-state index in [1.807, 2.05) is 24.3 Å². The fourth-order valence-corrected chi connectivity index (χ4v) is 3.85. The third-order valence-corrected chi connectivity index (χ3v) is 4.72. The van der Waals surface area contributed by atoms with Gasteiger partial charge in [0.25, 0.3) is 0 Å². The monoisotopic (exact) mass is 320 g/mol. The van der Waals surface area contributed by atoms with Gasteiger partial charge >= 0.3 is 11.9 Å². The van der Waals surface area contributed by atoms with Crippen molar-refractivity contribution >= 4 is 29.6 Å². The molecule has 6 nitrogen and oxygen atoms in total. The van der Waals surface area contributed by atoms with Gasteiger partial charge in [0.2, 0.25) is 0 Å². The highest BCUT2D eigenvalue weighted by Crippen LogP contribution is 2.54. The number of benzene rings is 1. The topological polar surface area (TPSA) is 68.2 Å². The van der Waals surface area contributed by atoms with E-state index >= 15 is 0 Å². The fraction of sp³-hybridized carbons (Fsp3) is 0.400. The van der Waals surface area contributed by atoms with Crippen LogP contribution in [0.1, 0.15) is 25.8 Å². The van der Waals surface area contributed by atoms with Crippen molar-refractivity contribution in [2.45, 2.75) is 30.7 Å². The summed E-state index contributed by atoms with van der Waals surface area (Å²) < 4.78 is 11.8. The smallest absolute Gasteiger partial charge is 0.354 e. The molecule has 0 saturated heterocycles. The quantitative estimate of drug-likeness (QED) is 0.625. The average Bonchev–Trinajstić information content (AvgIpc) is 3.01. The summed E-state index contributed by atoms with van der Waals surface area (Å²) >= 11 is 1.34. The molecule has 1 aromatic rings. The molecule has 1 unspecified atom stereocenters. The highest BCUT2D eigenvalue weighted by molar-refractivity contribution is 7.97. The van der Waals surface area contributed by atoms with Gasteiger partial charge in [0, 0.05) is 28.8 Å². The molecule has 2 heterocycles. The van der Waals surface area contributed by atoms with Gasteiger partial charge in [-0.2, -0.15) is 5.10 Å². The summed E-state index contributed by atoms with van der Waals surface area (Å²) in [4.78, 5) is 25.6. The Morgan fingerprint density at radius 3 is 2.73 bits per heavy atom. The number of hydrazone groups is 1. The van der Waals surface area contributed by atoms with Gasteiger partial charge in [-0.05, 0) is 19.9 Å². The molecule has 0 N–H and O–H groups in total. The average molecular weight is 320 g/mol. The molecule has 3 rings (SSSR count). The van der Waals surface area contributed by atoms with E-state index in [4.69, 9.17) is 9.47 Å². The molecule has 0 bridgehead atoms. The van der Waals surface area contributed by atoms with Crippen LogP contribution in [-0.2, 0) is 24.6 Å². The first-order valence-corrected chi connectivity index (χ1v) is 7.90. The molecule has 0 spiro atoms. The summed E-state index contributed by atoms with van der Waals surface area (Å²) in [6.07, 6.45) is 0.161. The van der Waals surface area contributed by atoms with Gasteiger partial charge in [-0.1, -0.05) is 18.2 Å². The van der Waals surface area contributed by atoms with Crippen LogP contribution >= 0.6 is 11.9 Å². The Kier molecular flexibility index (Phi) is 3.82. The van der Waals surface area contributed by atoms with E-state index in [0.717, 1.165) is 10.5 Å². The van der Waals surface area contributed by atoms with Crippen LogP contribution in [-0.4, -0.2) is 35.3 Å². The molecule has 0 aliphatic carbocycles. The number of carbonyl (C=O) groups excluding carboxylic acids is 2. The number of rotatable bonds is 4. The van der Waals surface area contributed by atoms with Gasteiger partial charge in [0.05, 0.1) is 13.2 Å². The van der Waals surface area contributed by atoms with Gasteiger partial charge in [0.1, 0.15) is 5.71 Å². The number of hydrogen-bond donors (Lipinski definition) is 0. The molecule has 0 aromatic heterocycles. The van der Waals surface area contributed by atoms with Crippen molar-refractivity contribution in [1.29, 1.82) is 0 Å². The lowest BCUT2D eigenvalue weighted by atomic mass is 9.86. The third kappa shape index (κ3) is 2.08. The lowest BCUT2D eigenvalue weighted by Crippen LogP contribution is -2.43. The van der Waals surface area contributed by atoms with E-state index in [1.165, 1.54) is 11.9 Å². The van der Waals surface area contributed by atoms with E-state index in [-0.39, 0.29) is 25.3 Å². The number of carbonyl (C=O) groups is 2. The van der Waals surface area contributed by atoms with Crippen molar-refractivity contribution in [3.05, 3.63) is 29.8 Å². The third-order valence-electron chi connectivity index (χ3n) is 3.60. The number of esters is 2. The molecule has 0 fully saturated rings. The van der Waals surface area contributed by atoms with Crippen molar-refractivity contribution in [3.63, 3.8) is 0 Å².